The SMILES string of the molecule is O=C(NCc1ccc(I)cc1)C1CCCN(c2ccc(-c3cccs3)nn2)C1. The molecule has 1 aliphatic heterocycles. The lowest BCUT2D eigenvalue weighted by molar-refractivity contribution is -0.125. The largest absolute Gasteiger partial charge is 0.354 e. The highest BCUT2D eigenvalue weighted by atomic mass is 127. The number of hydrogen-bond acceptors (Lipinski definition) is 5. The van der Waals surface area contributed by atoms with Gasteiger partial charge in [-0.15, -0.1) is 21.5 Å². The molecule has 5 nitrogen and oxygen atoms in total. The third-order valence-corrected chi connectivity index (χ3v) is 6.53. The van der Waals surface area contributed by atoms with Gasteiger partial charge in [-0.05, 0) is 76.7 Å². The fourth-order valence-corrected chi connectivity index (χ4v) is 4.43. The van der Waals surface area contributed by atoms with Gasteiger partial charge >= 0.3 is 0 Å². The molecule has 28 heavy (non-hydrogen) atoms. The number of nitrogens with zero attached hydrogens (tertiary/aromatic N) is 3. The maximum absolute atomic E-state index is 12.7. The monoisotopic (exact) mass is 504 g/mol. The molecule has 0 spiro atoms. The minimum Gasteiger partial charge on any atom is -0.354 e. The van der Waals surface area contributed by atoms with Crippen LogP contribution in [0.15, 0.2) is 53.9 Å². The molecule has 3 heterocycles. The first-order valence-corrected chi connectivity index (χ1v) is 11.3. The first kappa shape index (κ1) is 19.3. The summed E-state index contributed by atoms with van der Waals surface area (Å²) in [5, 5.41) is 13.9. The Bertz CT molecular complexity index is 913. The Labute approximate surface area is 182 Å². The molecule has 144 valence electrons. The lowest BCUT2D eigenvalue weighted by atomic mass is 9.97. The van der Waals surface area contributed by atoms with E-state index in [1.54, 1.807) is 11.3 Å². The van der Waals surface area contributed by atoms with Crippen molar-refractivity contribution < 1.29 is 4.79 Å². The fraction of sp³-hybridized carbons (Fsp3) is 0.286. The first-order valence-electron chi connectivity index (χ1n) is 9.34. The van der Waals surface area contributed by atoms with Crippen LogP contribution in [0.2, 0.25) is 0 Å². The number of amides is 1. The Balaban J connectivity index is 1.35. The lowest BCUT2D eigenvalue weighted by Gasteiger charge is -2.32. The van der Waals surface area contributed by atoms with Gasteiger partial charge in [-0.3, -0.25) is 4.79 Å². The quantitative estimate of drug-likeness (QED) is 0.526. The van der Waals surface area contributed by atoms with Crippen molar-refractivity contribution in [2.75, 3.05) is 18.0 Å². The Morgan fingerprint density at radius 3 is 2.75 bits per heavy atom. The number of nitrogens with one attached hydrogen (secondary N) is 1. The van der Waals surface area contributed by atoms with Gasteiger partial charge in [0.05, 0.1) is 10.8 Å². The predicted molar refractivity (Wildman–Crippen MR) is 121 cm³/mol. The summed E-state index contributed by atoms with van der Waals surface area (Å²) in [6.45, 7) is 2.17. The molecular weight excluding hydrogens is 483 g/mol. The van der Waals surface area contributed by atoms with Crippen molar-refractivity contribution in [1.82, 2.24) is 15.5 Å². The van der Waals surface area contributed by atoms with Crippen LogP contribution in [0.4, 0.5) is 5.82 Å². The molecule has 0 bridgehead atoms. The molecule has 1 aliphatic rings. The van der Waals surface area contributed by atoms with E-state index in [-0.39, 0.29) is 11.8 Å². The minimum atomic E-state index is -0.0172. The zero-order valence-electron chi connectivity index (χ0n) is 15.3. The van der Waals surface area contributed by atoms with Gasteiger partial charge in [-0.2, -0.15) is 0 Å². The van der Waals surface area contributed by atoms with Crippen molar-refractivity contribution in [3.63, 3.8) is 0 Å². The summed E-state index contributed by atoms with van der Waals surface area (Å²) in [4.78, 5) is 15.9. The Hall–Kier alpha value is -2.00. The zero-order valence-corrected chi connectivity index (χ0v) is 18.3. The van der Waals surface area contributed by atoms with Gasteiger partial charge in [0.25, 0.3) is 0 Å². The van der Waals surface area contributed by atoms with Gasteiger partial charge in [0, 0.05) is 23.2 Å². The van der Waals surface area contributed by atoms with Crippen LogP contribution in [0.1, 0.15) is 18.4 Å². The van der Waals surface area contributed by atoms with Crippen LogP contribution in [-0.4, -0.2) is 29.2 Å². The average Bonchev–Trinajstić information content (AvgIpc) is 3.28. The van der Waals surface area contributed by atoms with Gasteiger partial charge in [0.2, 0.25) is 5.91 Å². The summed E-state index contributed by atoms with van der Waals surface area (Å²) < 4.78 is 1.20. The summed E-state index contributed by atoms with van der Waals surface area (Å²) in [5.41, 5.74) is 2.01. The molecule has 7 heteroatoms. The Morgan fingerprint density at radius 2 is 2.04 bits per heavy atom. The number of carbonyl (C=O) groups excluding carboxylic acids is 1. The van der Waals surface area contributed by atoms with Gasteiger partial charge in [0.15, 0.2) is 5.82 Å². The predicted octanol–water partition coefficient (Wildman–Crippen LogP) is 4.34. The van der Waals surface area contributed by atoms with E-state index in [0.29, 0.717) is 13.1 Å². The number of halogens is 1. The molecule has 1 aromatic carbocycles. The fourth-order valence-electron chi connectivity index (χ4n) is 3.38. The highest BCUT2D eigenvalue weighted by Gasteiger charge is 2.26. The van der Waals surface area contributed by atoms with Crippen LogP contribution in [0, 0.1) is 9.49 Å². The third-order valence-electron chi connectivity index (χ3n) is 4.92. The van der Waals surface area contributed by atoms with E-state index in [4.69, 9.17) is 0 Å². The second-order valence-corrected chi connectivity index (χ2v) is 9.08. The number of hydrogen-bond donors (Lipinski definition) is 1. The molecule has 1 fully saturated rings. The molecule has 2 aromatic heterocycles. The standard InChI is InChI=1S/C21H21IN4OS/c22-17-7-5-15(6-8-17)13-23-21(27)16-3-1-11-26(14-16)20-10-9-18(24-25-20)19-4-2-12-28-19/h2,4-10,12,16H,1,3,11,13-14H2,(H,23,27). The number of anilines is 1. The van der Waals surface area contributed by atoms with Crippen molar-refractivity contribution in [3.05, 3.63) is 63.0 Å². The molecule has 1 unspecified atom stereocenters. The van der Waals surface area contributed by atoms with E-state index in [0.717, 1.165) is 41.3 Å². The van der Waals surface area contributed by atoms with Crippen LogP contribution in [0.5, 0.6) is 0 Å². The second-order valence-electron chi connectivity index (χ2n) is 6.88. The van der Waals surface area contributed by atoms with Crippen molar-refractivity contribution >= 4 is 45.7 Å². The van der Waals surface area contributed by atoms with Crippen LogP contribution in [-0.2, 0) is 11.3 Å². The minimum absolute atomic E-state index is 0.0172. The van der Waals surface area contributed by atoms with E-state index < -0.39 is 0 Å². The Morgan fingerprint density at radius 1 is 1.18 bits per heavy atom. The summed E-state index contributed by atoms with van der Waals surface area (Å²) >= 11 is 3.94. The Kier molecular flexibility index (Phi) is 6.21. The molecular formula is C21H21IN4OS. The first-order chi connectivity index (χ1) is 13.7. The van der Waals surface area contributed by atoms with E-state index in [9.17, 15) is 4.79 Å². The topological polar surface area (TPSA) is 58.1 Å². The molecule has 1 amide bonds. The summed E-state index contributed by atoms with van der Waals surface area (Å²) in [6, 6.07) is 16.3. The zero-order chi connectivity index (χ0) is 19.3. The van der Waals surface area contributed by atoms with Crippen LogP contribution < -0.4 is 10.2 Å². The molecule has 3 aromatic rings. The van der Waals surface area contributed by atoms with Gasteiger partial charge in [-0.25, -0.2) is 0 Å². The third kappa shape index (κ3) is 4.70. The highest BCUT2D eigenvalue weighted by Crippen LogP contribution is 2.25. The summed E-state index contributed by atoms with van der Waals surface area (Å²) in [6.07, 6.45) is 1.89. The van der Waals surface area contributed by atoms with Crippen LogP contribution in [0.25, 0.3) is 10.6 Å². The molecule has 1 atom stereocenters. The van der Waals surface area contributed by atoms with Crippen molar-refractivity contribution in [1.29, 1.82) is 0 Å². The number of piperidine rings is 1. The van der Waals surface area contributed by atoms with Crippen LogP contribution in [0.3, 0.4) is 0 Å². The molecule has 0 saturated carbocycles. The highest BCUT2D eigenvalue weighted by molar-refractivity contribution is 14.1. The maximum Gasteiger partial charge on any atom is 0.225 e. The molecule has 0 radical (unpaired) electrons. The summed E-state index contributed by atoms with van der Waals surface area (Å²) in [7, 11) is 0. The smallest absolute Gasteiger partial charge is 0.225 e. The van der Waals surface area contributed by atoms with Gasteiger partial charge < -0.3 is 10.2 Å². The van der Waals surface area contributed by atoms with Crippen molar-refractivity contribution in [2.45, 2.75) is 19.4 Å². The van der Waals surface area contributed by atoms with Gasteiger partial charge in [0.1, 0.15) is 5.69 Å². The normalized spacial score (nSPS) is 16.8. The summed E-state index contributed by atoms with van der Waals surface area (Å²) in [5.74, 6) is 0.943. The number of carbonyl (C=O) groups is 1. The lowest BCUT2D eigenvalue weighted by Crippen LogP contribution is -2.43. The van der Waals surface area contributed by atoms with E-state index >= 15 is 0 Å². The maximum atomic E-state index is 12.7. The average molecular weight is 504 g/mol. The molecule has 0 aliphatic carbocycles. The number of aromatic nitrogens is 2. The van der Waals surface area contributed by atoms with E-state index in [1.807, 2.05) is 29.6 Å². The number of rotatable bonds is 5. The number of thiophene rings is 1. The van der Waals surface area contributed by atoms with E-state index in [1.165, 1.54) is 3.57 Å². The molecule has 1 saturated heterocycles. The van der Waals surface area contributed by atoms with Crippen LogP contribution >= 0.6 is 33.9 Å². The molecule has 1 N–H and O–H groups in total. The van der Waals surface area contributed by atoms with Crippen molar-refractivity contribution in [3.8, 4) is 10.6 Å². The number of benzene rings is 1. The van der Waals surface area contributed by atoms with Crippen molar-refractivity contribution in [2.24, 2.45) is 5.92 Å². The second kappa shape index (κ2) is 9.00. The van der Waals surface area contributed by atoms with E-state index in [2.05, 4.69) is 67.3 Å². The van der Waals surface area contributed by atoms with Gasteiger partial charge in [-0.1, -0.05) is 18.2 Å². The molecule has 4 rings (SSSR count).